The first-order valence-electron chi connectivity index (χ1n) is 6.47. The summed E-state index contributed by atoms with van der Waals surface area (Å²) in [5.74, 6) is -1.29. The Morgan fingerprint density at radius 1 is 1.50 bits per heavy atom. The molecular formula is C14H17ClN2O3. The highest BCUT2D eigenvalue weighted by atomic mass is 35.5. The zero-order chi connectivity index (χ0) is 14.7. The molecule has 0 aliphatic carbocycles. The number of anilines is 1. The predicted molar refractivity (Wildman–Crippen MR) is 77.0 cm³/mol. The maximum Gasteiger partial charge on any atom is 0.307 e. The molecule has 2 rings (SSSR count). The van der Waals surface area contributed by atoms with E-state index in [0.29, 0.717) is 24.5 Å². The number of halogens is 1. The second kappa shape index (κ2) is 6.24. The molecule has 0 radical (unpaired) electrons. The maximum absolute atomic E-state index is 11.9. The van der Waals surface area contributed by atoms with Gasteiger partial charge in [-0.2, -0.15) is 0 Å². The van der Waals surface area contributed by atoms with Gasteiger partial charge in [-0.15, -0.1) is 0 Å². The molecule has 20 heavy (non-hydrogen) atoms. The molecule has 1 heterocycles. The third kappa shape index (κ3) is 3.71. The summed E-state index contributed by atoms with van der Waals surface area (Å²) in [5.41, 5.74) is 1.63. The Morgan fingerprint density at radius 3 is 2.85 bits per heavy atom. The number of hydrogen-bond acceptors (Lipinski definition) is 3. The first-order chi connectivity index (χ1) is 9.45. The summed E-state index contributed by atoms with van der Waals surface area (Å²) < 4.78 is 0. The monoisotopic (exact) mass is 296 g/mol. The summed E-state index contributed by atoms with van der Waals surface area (Å²) in [7, 11) is 0. The van der Waals surface area contributed by atoms with Crippen LogP contribution in [-0.4, -0.2) is 41.5 Å². The summed E-state index contributed by atoms with van der Waals surface area (Å²) in [6.07, 6.45) is 0.600. The van der Waals surface area contributed by atoms with E-state index < -0.39 is 5.97 Å². The molecule has 108 valence electrons. The van der Waals surface area contributed by atoms with Gasteiger partial charge in [0.1, 0.15) is 0 Å². The number of carbonyl (C=O) groups is 2. The van der Waals surface area contributed by atoms with Crippen molar-refractivity contribution in [2.24, 2.45) is 5.92 Å². The Morgan fingerprint density at radius 2 is 2.25 bits per heavy atom. The van der Waals surface area contributed by atoms with E-state index in [0.717, 1.165) is 11.3 Å². The standard InChI is InChI=1S/C14H17ClN2O3/c1-9-6-11(15)2-3-12(9)16-13(18)8-17-5-4-10(7-17)14(19)20/h2-3,6,10H,4-5,7-8H2,1H3,(H,16,18)(H,19,20). The fraction of sp³-hybridized carbons (Fsp3) is 0.429. The highest BCUT2D eigenvalue weighted by Gasteiger charge is 2.28. The van der Waals surface area contributed by atoms with E-state index in [2.05, 4.69) is 5.32 Å². The van der Waals surface area contributed by atoms with E-state index in [-0.39, 0.29) is 18.4 Å². The molecule has 1 saturated heterocycles. The molecule has 1 amide bonds. The Hall–Kier alpha value is -1.59. The van der Waals surface area contributed by atoms with E-state index in [1.807, 2.05) is 11.8 Å². The van der Waals surface area contributed by atoms with Crippen molar-refractivity contribution < 1.29 is 14.7 Å². The SMILES string of the molecule is Cc1cc(Cl)ccc1NC(=O)CN1CCC(C(=O)O)C1. The number of rotatable bonds is 4. The summed E-state index contributed by atoms with van der Waals surface area (Å²) >= 11 is 5.86. The van der Waals surface area contributed by atoms with E-state index in [1.54, 1.807) is 18.2 Å². The lowest BCUT2D eigenvalue weighted by Crippen LogP contribution is -2.32. The Kier molecular flexibility index (Phi) is 4.62. The van der Waals surface area contributed by atoms with E-state index >= 15 is 0 Å². The van der Waals surface area contributed by atoms with Gasteiger partial charge in [0.2, 0.25) is 5.91 Å². The number of amides is 1. The molecule has 1 aliphatic heterocycles. The fourth-order valence-electron chi connectivity index (χ4n) is 2.34. The molecule has 1 atom stereocenters. The van der Waals surface area contributed by atoms with Gasteiger partial charge in [0.25, 0.3) is 0 Å². The third-order valence-corrected chi connectivity index (χ3v) is 3.69. The predicted octanol–water partition coefficient (Wildman–Crippen LogP) is 1.99. The second-order valence-corrected chi connectivity index (χ2v) is 5.50. The molecule has 1 unspecified atom stereocenters. The van der Waals surface area contributed by atoms with Gasteiger partial charge in [-0.05, 0) is 43.7 Å². The van der Waals surface area contributed by atoms with Gasteiger partial charge in [-0.3, -0.25) is 14.5 Å². The fourth-order valence-corrected chi connectivity index (χ4v) is 2.56. The Balaban J connectivity index is 1.88. The van der Waals surface area contributed by atoms with Crippen LogP contribution in [0.4, 0.5) is 5.69 Å². The van der Waals surface area contributed by atoms with Crippen molar-refractivity contribution in [1.82, 2.24) is 4.90 Å². The number of aliphatic carboxylic acids is 1. The van der Waals surface area contributed by atoms with Crippen LogP contribution in [0.2, 0.25) is 5.02 Å². The third-order valence-electron chi connectivity index (χ3n) is 3.45. The molecule has 0 aromatic heterocycles. The number of carbonyl (C=O) groups excluding carboxylic acids is 1. The maximum atomic E-state index is 11.9. The van der Waals surface area contributed by atoms with Gasteiger partial charge in [0.05, 0.1) is 12.5 Å². The number of benzene rings is 1. The highest BCUT2D eigenvalue weighted by Crippen LogP contribution is 2.20. The van der Waals surface area contributed by atoms with Gasteiger partial charge in [0.15, 0.2) is 0 Å². The van der Waals surface area contributed by atoms with Crippen LogP contribution < -0.4 is 5.32 Å². The molecule has 1 fully saturated rings. The van der Waals surface area contributed by atoms with Crippen molar-refractivity contribution in [1.29, 1.82) is 0 Å². The van der Waals surface area contributed by atoms with Crippen LogP contribution in [0.5, 0.6) is 0 Å². The topological polar surface area (TPSA) is 69.6 Å². The van der Waals surface area contributed by atoms with Crippen molar-refractivity contribution in [3.8, 4) is 0 Å². The molecule has 6 heteroatoms. The summed E-state index contributed by atoms with van der Waals surface area (Å²) in [5, 5.41) is 12.4. The molecule has 1 aliphatic rings. The molecule has 1 aromatic rings. The zero-order valence-electron chi connectivity index (χ0n) is 11.2. The van der Waals surface area contributed by atoms with Crippen molar-refractivity contribution in [2.45, 2.75) is 13.3 Å². The van der Waals surface area contributed by atoms with E-state index in [4.69, 9.17) is 16.7 Å². The second-order valence-electron chi connectivity index (χ2n) is 5.07. The number of nitrogens with one attached hydrogen (secondary N) is 1. The molecule has 1 aromatic carbocycles. The van der Waals surface area contributed by atoms with Gasteiger partial charge < -0.3 is 10.4 Å². The highest BCUT2D eigenvalue weighted by molar-refractivity contribution is 6.30. The van der Waals surface area contributed by atoms with Crippen LogP contribution in [0, 0.1) is 12.8 Å². The lowest BCUT2D eigenvalue weighted by atomic mass is 10.1. The van der Waals surface area contributed by atoms with Gasteiger partial charge >= 0.3 is 5.97 Å². The molecule has 5 nitrogen and oxygen atoms in total. The van der Waals surface area contributed by atoms with Crippen LogP contribution >= 0.6 is 11.6 Å². The first kappa shape index (κ1) is 14.8. The van der Waals surface area contributed by atoms with Crippen LogP contribution in [0.3, 0.4) is 0 Å². The first-order valence-corrected chi connectivity index (χ1v) is 6.84. The summed E-state index contributed by atoms with van der Waals surface area (Å²) in [4.78, 5) is 24.7. The average molecular weight is 297 g/mol. The van der Waals surface area contributed by atoms with E-state index in [9.17, 15) is 9.59 Å². The van der Waals surface area contributed by atoms with Crippen LogP contribution in [-0.2, 0) is 9.59 Å². The number of likely N-dealkylation sites (tertiary alicyclic amines) is 1. The van der Waals surface area contributed by atoms with Crippen molar-refractivity contribution in [3.63, 3.8) is 0 Å². The van der Waals surface area contributed by atoms with E-state index in [1.165, 1.54) is 0 Å². The lowest BCUT2D eigenvalue weighted by molar-refractivity contribution is -0.141. The largest absolute Gasteiger partial charge is 0.481 e. The molecular weight excluding hydrogens is 280 g/mol. The summed E-state index contributed by atoms with van der Waals surface area (Å²) in [6.45, 7) is 3.16. The van der Waals surface area contributed by atoms with Gasteiger partial charge in [0, 0.05) is 17.3 Å². The number of carboxylic acids is 1. The average Bonchev–Trinajstić information content (AvgIpc) is 2.81. The lowest BCUT2D eigenvalue weighted by Gasteiger charge is -2.15. The van der Waals surface area contributed by atoms with Gasteiger partial charge in [-0.25, -0.2) is 0 Å². The number of aryl methyl sites for hydroxylation is 1. The summed E-state index contributed by atoms with van der Waals surface area (Å²) in [6, 6.07) is 5.27. The quantitative estimate of drug-likeness (QED) is 0.891. The van der Waals surface area contributed by atoms with Crippen molar-refractivity contribution in [3.05, 3.63) is 28.8 Å². The van der Waals surface area contributed by atoms with Crippen LogP contribution in [0.1, 0.15) is 12.0 Å². The zero-order valence-corrected chi connectivity index (χ0v) is 12.0. The molecule has 2 N–H and O–H groups in total. The van der Waals surface area contributed by atoms with Crippen molar-refractivity contribution in [2.75, 3.05) is 25.0 Å². The Bertz CT molecular complexity index is 533. The normalized spacial score (nSPS) is 19.0. The minimum Gasteiger partial charge on any atom is -0.481 e. The van der Waals surface area contributed by atoms with Crippen LogP contribution in [0.25, 0.3) is 0 Å². The minimum absolute atomic E-state index is 0.138. The molecule has 0 spiro atoms. The van der Waals surface area contributed by atoms with Crippen LogP contribution in [0.15, 0.2) is 18.2 Å². The smallest absolute Gasteiger partial charge is 0.307 e. The Labute approximate surface area is 122 Å². The molecule has 0 saturated carbocycles. The number of hydrogen-bond donors (Lipinski definition) is 2. The minimum atomic E-state index is -0.790. The van der Waals surface area contributed by atoms with Crippen molar-refractivity contribution >= 4 is 29.2 Å². The number of carboxylic acid groups (broad SMARTS) is 1. The van der Waals surface area contributed by atoms with Gasteiger partial charge in [-0.1, -0.05) is 11.6 Å². The number of nitrogens with zero attached hydrogens (tertiary/aromatic N) is 1. The molecule has 0 bridgehead atoms.